The molecule has 1 aromatic heterocycles. The zero-order valence-electron chi connectivity index (χ0n) is 9.93. The summed E-state index contributed by atoms with van der Waals surface area (Å²) >= 11 is 1.72. The molecule has 0 saturated heterocycles. The van der Waals surface area contributed by atoms with Crippen molar-refractivity contribution in [3.05, 3.63) is 21.9 Å². The van der Waals surface area contributed by atoms with E-state index < -0.39 is 10.0 Å². The van der Waals surface area contributed by atoms with E-state index in [1.54, 1.807) is 15.6 Å². The fourth-order valence-electron chi connectivity index (χ4n) is 2.25. The Kier molecular flexibility index (Phi) is 3.87. The molecular weight excluding hydrogens is 256 g/mol. The molecule has 1 aromatic rings. The van der Waals surface area contributed by atoms with Crippen molar-refractivity contribution in [1.82, 2.24) is 4.31 Å². The van der Waals surface area contributed by atoms with E-state index >= 15 is 0 Å². The zero-order valence-corrected chi connectivity index (χ0v) is 11.6. The lowest BCUT2D eigenvalue weighted by atomic mass is 10.0. The highest BCUT2D eigenvalue weighted by molar-refractivity contribution is 7.89. The number of hydrogen-bond donors (Lipinski definition) is 1. The van der Waals surface area contributed by atoms with E-state index in [1.165, 1.54) is 4.88 Å². The second-order valence-corrected chi connectivity index (χ2v) is 7.34. The fraction of sp³-hybridized carbons (Fsp3) is 0.636. The van der Waals surface area contributed by atoms with Gasteiger partial charge in [0.15, 0.2) is 0 Å². The van der Waals surface area contributed by atoms with Crippen LogP contribution >= 0.6 is 11.3 Å². The molecule has 2 heterocycles. The van der Waals surface area contributed by atoms with Crippen LogP contribution in [0.4, 0.5) is 0 Å². The lowest BCUT2D eigenvalue weighted by molar-refractivity contribution is 0.329. The van der Waals surface area contributed by atoms with Gasteiger partial charge in [-0.25, -0.2) is 8.42 Å². The summed E-state index contributed by atoms with van der Waals surface area (Å²) in [6.45, 7) is 2.98. The van der Waals surface area contributed by atoms with Crippen LogP contribution in [0.3, 0.4) is 0 Å². The van der Waals surface area contributed by atoms with Gasteiger partial charge in [-0.15, -0.1) is 11.3 Å². The van der Waals surface area contributed by atoms with Crippen molar-refractivity contribution in [2.24, 2.45) is 5.73 Å². The molecule has 0 saturated carbocycles. The fourth-order valence-corrected chi connectivity index (χ4v) is 4.94. The van der Waals surface area contributed by atoms with Gasteiger partial charge in [-0.1, -0.05) is 0 Å². The SMILES string of the molecule is CC1c2ccsc2CCN1S(=O)(=O)CCCN. The molecule has 4 nitrogen and oxygen atoms in total. The summed E-state index contributed by atoms with van der Waals surface area (Å²) in [7, 11) is -3.16. The van der Waals surface area contributed by atoms with Crippen LogP contribution in [0.5, 0.6) is 0 Å². The van der Waals surface area contributed by atoms with E-state index in [9.17, 15) is 8.42 Å². The number of sulfonamides is 1. The van der Waals surface area contributed by atoms with Gasteiger partial charge in [0.25, 0.3) is 0 Å². The highest BCUT2D eigenvalue weighted by atomic mass is 32.2. The van der Waals surface area contributed by atoms with Gasteiger partial charge in [-0.05, 0) is 43.3 Å². The first-order valence-corrected chi connectivity index (χ1v) is 8.31. The number of rotatable bonds is 4. The average Bonchev–Trinajstić information content (AvgIpc) is 2.75. The number of hydrogen-bond acceptors (Lipinski definition) is 4. The van der Waals surface area contributed by atoms with E-state index in [0.717, 1.165) is 12.0 Å². The van der Waals surface area contributed by atoms with Gasteiger partial charge in [-0.2, -0.15) is 4.31 Å². The Bertz CT molecular complexity index is 481. The van der Waals surface area contributed by atoms with Gasteiger partial charge in [0.2, 0.25) is 10.0 Å². The number of thiophene rings is 1. The molecule has 1 aliphatic heterocycles. The third-order valence-corrected chi connectivity index (χ3v) is 6.20. The van der Waals surface area contributed by atoms with E-state index in [1.807, 2.05) is 18.4 Å². The molecule has 0 aliphatic carbocycles. The minimum absolute atomic E-state index is 0.0345. The zero-order chi connectivity index (χ0) is 12.5. The lowest BCUT2D eigenvalue weighted by Crippen LogP contribution is -2.39. The summed E-state index contributed by atoms with van der Waals surface area (Å²) in [6.07, 6.45) is 1.36. The second-order valence-electron chi connectivity index (χ2n) is 4.29. The van der Waals surface area contributed by atoms with Gasteiger partial charge in [0, 0.05) is 17.5 Å². The Morgan fingerprint density at radius 2 is 2.35 bits per heavy atom. The van der Waals surface area contributed by atoms with Crippen LogP contribution in [-0.2, 0) is 16.4 Å². The smallest absolute Gasteiger partial charge is 0.214 e. The molecule has 17 heavy (non-hydrogen) atoms. The number of fused-ring (bicyclic) bond motifs is 1. The Labute approximate surface area is 106 Å². The Morgan fingerprint density at radius 3 is 3.06 bits per heavy atom. The van der Waals surface area contributed by atoms with Crippen molar-refractivity contribution in [3.63, 3.8) is 0 Å². The monoisotopic (exact) mass is 274 g/mol. The molecule has 0 radical (unpaired) electrons. The van der Waals surface area contributed by atoms with Crippen LogP contribution < -0.4 is 5.73 Å². The van der Waals surface area contributed by atoms with Crippen molar-refractivity contribution in [3.8, 4) is 0 Å². The molecule has 1 aliphatic rings. The Morgan fingerprint density at radius 1 is 1.59 bits per heavy atom. The first kappa shape index (κ1) is 13.0. The van der Waals surface area contributed by atoms with E-state index in [2.05, 4.69) is 0 Å². The van der Waals surface area contributed by atoms with Crippen LogP contribution in [0.25, 0.3) is 0 Å². The van der Waals surface area contributed by atoms with Crippen molar-refractivity contribution in [1.29, 1.82) is 0 Å². The molecule has 0 amide bonds. The minimum Gasteiger partial charge on any atom is -0.330 e. The Hall–Kier alpha value is -0.430. The largest absolute Gasteiger partial charge is 0.330 e. The first-order valence-electron chi connectivity index (χ1n) is 5.82. The molecule has 0 fully saturated rings. The minimum atomic E-state index is -3.16. The highest BCUT2D eigenvalue weighted by Crippen LogP contribution is 2.34. The molecule has 0 spiro atoms. The van der Waals surface area contributed by atoms with Crippen LogP contribution in [0.1, 0.15) is 29.8 Å². The molecule has 1 atom stereocenters. The molecule has 6 heteroatoms. The molecule has 96 valence electrons. The normalized spacial score (nSPS) is 21.4. The van der Waals surface area contributed by atoms with Crippen LogP contribution in [0.15, 0.2) is 11.4 Å². The van der Waals surface area contributed by atoms with Crippen LogP contribution in [0.2, 0.25) is 0 Å². The maximum Gasteiger partial charge on any atom is 0.214 e. The van der Waals surface area contributed by atoms with Crippen molar-refractivity contribution < 1.29 is 8.42 Å². The number of nitrogens with zero attached hydrogens (tertiary/aromatic N) is 1. The summed E-state index contributed by atoms with van der Waals surface area (Å²) in [6, 6.07) is 2.00. The summed E-state index contributed by atoms with van der Waals surface area (Å²) in [5.41, 5.74) is 6.54. The predicted molar refractivity (Wildman–Crippen MR) is 70.6 cm³/mol. The predicted octanol–water partition coefficient (Wildman–Crippen LogP) is 1.35. The van der Waals surface area contributed by atoms with E-state index in [0.29, 0.717) is 19.5 Å². The Balaban J connectivity index is 2.20. The maximum absolute atomic E-state index is 12.2. The molecule has 2 rings (SSSR count). The van der Waals surface area contributed by atoms with Gasteiger partial charge in [0.05, 0.1) is 5.75 Å². The average molecular weight is 274 g/mol. The van der Waals surface area contributed by atoms with Crippen molar-refractivity contribution >= 4 is 21.4 Å². The summed E-state index contributed by atoms with van der Waals surface area (Å²) in [4.78, 5) is 1.32. The van der Waals surface area contributed by atoms with Gasteiger partial charge >= 0.3 is 0 Å². The topological polar surface area (TPSA) is 63.4 Å². The van der Waals surface area contributed by atoms with Crippen LogP contribution in [0, 0.1) is 0 Å². The maximum atomic E-state index is 12.2. The lowest BCUT2D eigenvalue weighted by Gasteiger charge is -2.32. The number of nitrogens with two attached hydrogens (primary N) is 1. The molecular formula is C11H18N2O2S2. The summed E-state index contributed by atoms with van der Waals surface area (Å²) < 4.78 is 25.9. The molecule has 1 unspecified atom stereocenters. The van der Waals surface area contributed by atoms with Crippen molar-refractivity contribution in [2.75, 3.05) is 18.8 Å². The van der Waals surface area contributed by atoms with Crippen LogP contribution in [-0.4, -0.2) is 31.6 Å². The van der Waals surface area contributed by atoms with Gasteiger partial charge in [0.1, 0.15) is 0 Å². The third kappa shape index (κ3) is 2.54. The van der Waals surface area contributed by atoms with Gasteiger partial charge < -0.3 is 5.73 Å². The van der Waals surface area contributed by atoms with Crippen molar-refractivity contribution in [2.45, 2.75) is 25.8 Å². The highest BCUT2D eigenvalue weighted by Gasteiger charge is 2.32. The second kappa shape index (κ2) is 5.06. The summed E-state index contributed by atoms with van der Waals surface area (Å²) in [5, 5.41) is 2.04. The first-order chi connectivity index (χ1) is 8.06. The molecule has 0 bridgehead atoms. The van der Waals surface area contributed by atoms with E-state index in [-0.39, 0.29) is 11.8 Å². The summed E-state index contributed by atoms with van der Waals surface area (Å²) in [5.74, 6) is 0.160. The van der Waals surface area contributed by atoms with E-state index in [4.69, 9.17) is 5.73 Å². The molecule has 0 aromatic carbocycles. The quantitative estimate of drug-likeness (QED) is 0.901. The standard InChI is InChI=1S/C11H18N2O2S2/c1-9-10-4-7-16-11(10)3-6-13(9)17(14,15)8-2-5-12/h4,7,9H,2-3,5-6,8,12H2,1H3. The van der Waals surface area contributed by atoms with Gasteiger partial charge in [-0.3, -0.25) is 0 Å². The molecule has 2 N–H and O–H groups in total. The third-order valence-electron chi connectivity index (χ3n) is 3.18.